The van der Waals surface area contributed by atoms with Crippen LogP contribution in [0.1, 0.15) is 21.7 Å². The van der Waals surface area contributed by atoms with Crippen molar-refractivity contribution in [3.05, 3.63) is 52.3 Å². The molecule has 0 aliphatic rings. The molecule has 0 aliphatic carbocycles. The van der Waals surface area contributed by atoms with Crippen LogP contribution in [0.15, 0.2) is 30.3 Å². The van der Waals surface area contributed by atoms with Gasteiger partial charge in [0.2, 0.25) is 5.91 Å². The number of nitrogens with zero attached hydrogens (tertiary/aromatic N) is 2. The van der Waals surface area contributed by atoms with Crippen molar-refractivity contribution in [2.75, 3.05) is 6.54 Å². The normalized spacial score (nSPS) is 10.3. The van der Waals surface area contributed by atoms with Crippen molar-refractivity contribution in [2.45, 2.75) is 13.5 Å². The third-order valence-electron chi connectivity index (χ3n) is 3.08. The maximum atomic E-state index is 11.9. The number of rotatable bonds is 5. The molecule has 0 radical (unpaired) electrons. The molecular weight excluding hydrogens is 304 g/mol. The molecule has 0 unspecified atom stereocenters. The summed E-state index contributed by atoms with van der Waals surface area (Å²) in [6.45, 7) is 2.01. The van der Waals surface area contributed by atoms with E-state index in [1.807, 2.05) is 18.2 Å². The van der Waals surface area contributed by atoms with Crippen molar-refractivity contribution in [3.63, 3.8) is 0 Å². The Balaban J connectivity index is 1.82. The quantitative estimate of drug-likeness (QED) is 0.875. The van der Waals surface area contributed by atoms with Crippen LogP contribution in [0, 0.1) is 6.92 Å². The number of nitrogens with one attached hydrogen (secondary N) is 2. The van der Waals surface area contributed by atoms with Crippen molar-refractivity contribution in [3.8, 4) is 0 Å². The lowest BCUT2D eigenvalue weighted by molar-refractivity contribution is -0.120. The van der Waals surface area contributed by atoms with E-state index in [0.717, 1.165) is 11.3 Å². The number of carbonyl (C=O) groups is 2. The van der Waals surface area contributed by atoms with Crippen LogP contribution in [0.25, 0.3) is 0 Å². The number of aromatic nitrogens is 2. The van der Waals surface area contributed by atoms with Crippen LogP contribution in [0.4, 0.5) is 0 Å². The number of amides is 2. The van der Waals surface area contributed by atoms with Gasteiger partial charge in [0, 0.05) is 18.6 Å². The molecule has 0 atom stereocenters. The highest BCUT2D eigenvalue weighted by Crippen LogP contribution is 2.14. The van der Waals surface area contributed by atoms with Gasteiger partial charge in [-0.1, -0.05) is 29.8 Å². The van der Waals surface area contributed by atoms with Crippen LogP contribution < -0.4 is 10.6 Å². The van der Waals surface area contributed by atoms with Gasteiger partial charge >= 0.3 is 0 Å². The molecule has 0 saturated carbocycles. The molecule has 0 spiro atoms. The van der Waals surface area contributed by atoms with Crippen LogP contribution in [-0.2, 0) is 18.4 Å². The summed E-state index contributed by atoms with van der Waals surface area (Å²) in [7, 11) is 1.68. The van der Waals surface area contributed by atoms with Crippen molar-refractivity contribution >= 4 is 23.4 Å². The Hall–Kier alpha value is -2.34. The molecule has 0 fully saturated rings. The van der Waals surface area contributed by atoms with E-state index in [0.29, 0.717) is 17.3 Å². The summed E-state index contributed by atoms with van der Waals surface area (Å²) in [6, 6.07) is 8.93. The highest BCUT2D eigenvalue weighted by molar-refractivity contribution is 6.31. The first-order valence-electron chi connectivity index (χ1n) is 6.76. The van der Waals surface area contributed by atoms with E-state index in [4.69, 9.17) is 11.6 Å². The summed E-state index contributed by atoms with van der Waals surface area (Å²) < 4.78 is 1.48. The first-order valence-corrected chi connectivity index (χ1v) is 7.14. The standard InChI is InChI=1S/C15H17ClN4O2/c1-10-7-13(20(2)19-10)15(22)18-9-14(21)17-8-11-5-3-4-6-12(11)16/h3-7H,8-9H2,1-2H3,(H,17,21)(H,18,22). The predicted octanol–water partition coefficient (Wildman–Crippen LogP) is 1.43. The molecule has 0 aliphatic heterocycles. The average molecular weight is 321 g/mol. The van der Waals surface area contributed by atoms with Crippen molar-refractivity contribution in [2.24, 2.45) is 7.05 Å². The molecule has 2 aromatic rings. The van der Waals surface area contributed by atoms with E-state index in [2.05, 4.69) is 15.7 Å². The van der Waals surface area contributed by atoms with Crippen molar-refractivity contribution in [1.82, 2.24) is 20.4 Å². The summed E-state index contributed by atoms with van der Waals surface area (Å²) >= 11 is 6.00. The van der Waals surface area contributed by atoms with Gasteiger partial charge in [-0.05, 0) is 24.6 Å². The Labute approximate surface area is 133 Å². The molecular formula is C15H17ClN4O2. The van der Waals surface area contributed by atoms with E-state index in [1.54, 1.807) is 26.1 Å². The smallest absolute Gasteiger partial charge is 0.269 e. The van der Waals surface area contributed by atoms with Crippen molar-refractivity contribution in [1.29, 1.82) is 0 Å². The van der Waals surface area contributed by atoms with E-state index in [1.165, 1.54) is 4.68 Å². The molecule has 2 rings (SSSR count). The fraction of sp³-hybridized carbons (Fsp3) is 0.267. The predicted molar refractivity (Wildman–Crippen MR) is 83.6 cm³/mol. The number of hydrogen-bond donors (Lipinski definition) is 2. The molecule has 22 heavy (non-hydrogen) atoms. The molecule has 1 aromatic heterocycles. The first-order chi connectivity index (χ1) is 10.5. The minimum absolute atomic E-state index is 0.104. The number of halogens is 1. The highest BCUT2D eigenvalue weighted by Gasteiger charge is 2.12. The molecule has 1 aromatic carbocycles. The summed E-state index contributed by atoms with van der Waals surface area (Å²) in [6.07, 6.45) is 0. The maximum Gasteiger partial charge on any atom is 0.269 e. The fourth-order valence-corrected chi connectivity index (χ4v) is 2.17. The van der Waals surface area contributed by atoms with Gasteiger partial charge in [-0.2, -0.15) is 5.10 Å². The second kappa shape index (κ2) is 7.09. The van der Waals surface area contributed by atoms with Crippen LogP contribution in [0.2, 0.25) is 5.02 Å². The molecule has 116 valence electrons. The lowest BCUT2D eigenvalue weighted by Gasteiger charge is -2.08. The second-order valence-corrected chi connectivity index (χ2v) is 5.25. The van der Waals surface area contributed by atoms with Gasteiger partial charge in [0.05, 0.1) is 12.2 Å². The monoisotopic (exact) mass is 320 g/mol. The number of benzene rings is 1. The summed E-state index contributed by atoms with van der Waals surface area (Å²) in [4.78, 5) is 23.7. The summed E-state index contributed by atoms with van der Waals surface area (Å²) in [5.41, 5.74) is 1.98. The average Bonchev–Trinajstić information content (AvgIpc) is 2.82. The fourth-order valence-electron chi connectivity index (χ4n) is 1.97. The molecule has 0 saturated heterocycles. The topological polar surface area (TPSA) is 76.0 Å². The zero-order chi connectivity index (χ0) is 16.1. The largest absolute Gasteiger partial charge is 0.350 e. The Morgan fingerprint density at radius 1 is 1.27 bits per heavy atom. The van der Waals surface area contributed by atoms with Crippen molar-refractivity contribution < 1.29 is 9.59 Å². The lowest BCUT2D eigenvalue weighted by atomic mass is 10.2. The van der Waals surface area contributed by atoms with Crippen LogP contribution in [-0.4, -0.2) is 28.1 Å². The van der Waals surface area contributed by atoms with E-state index in [9.17, 15) is 9.59 Å². The molecule has 0 bridgehead atoms. The van der Waals surface area contributed by atoms with Crippen LogP contribution >= 0.6 is 11.6 Å². The number of aryl methyl sites for hydroxylation is 2. The maximum absolute atomic E-state index is 11.9. The van der Waals surface area contributed by atoms with Gasteiger partial charge in [-0.15, -0.1) is 0 Å². The molecule has 2 N–H and O–H groups in total. The van der Waals surface area contributed by atoms with E-state index >= 15 is 0 Å². The summed E-state index contributed by atoms with van der Waals surface area (Å²) in [5.74, 6) is -0.622. The Morgan fingerprint density at radius 3 is 2.64 bits per heavy atom. The van der Waals surface area contributed by atoms with E-state index < -0.39 is 0 Å². The Morgan fingerprint density at radius 2 is 2.00 bits per heavy atom. The van der Waals surface area contributed by atoms with E-state index in [-0.39, 0.29) is 18.4 Å². The van der Waals surface area contributed by atoms with Gasteiger partial charge in [0.25, 0.3) is 5.91 Å². The molecule has 1 heterocycles. The van der Waals surface area contributed by atoms with Gasteiger partial charge < -0.3 is 10.6 Å². The molecule has 2 amide bonds. The van der Waals surface area contributed by atoms with Crippen LogP contribution in [0.3, 0.4) is 0 Å². The van der Waals surface area contributed by atoms with Gasteiger partial charge in [0.1, 0.15) is 5.69 Å². The lowest BCUT2D eigenvalue weighted by Crippen LogP contribution is -2.37. The van der Waals surface area contributed by atoms with Crippen LogP contribution in [0.5, 0.6) is 0 Å². The zero-order valence-corrected chi connectivity index (χ0v) is 13.1. The first kappa shape index (κ1) is 16.0. The SMILES string of the molecule is Cc1cc(C(=O)NCC(=O)NCc2ccccc2Cl)n(C)n1. The minimum atomic E-state index is -0.337. The Kier molecular flexibility index (Phi) is 5.16. The highest BCUT2D eigenvalue weighted by atomic mass is 35.5. The minimum Gasteiger partial charge on any atom is -0.350 e. The third kappa shape index (κ3) is 4.08. The molecule has 6 nitrogen and oxygen atoms in total. The number of hydrogen-bond acceptors (Lipinski definition) is 3. The van der Waals surface area contributed by atoms with Gasteiger partial charge in [-0.3, -0.25) is 14.3 Å². The number of carbonyl (C=O) groups excluding carboxylic acids is 2. The van der Waals surface area contributed by atoms with Gasteiger partial charge in [0.15, 0.2) is 0 Å². The molecule has 7 heteroatoms. The zero-order valence-electron chi connectivity index (χ0n) is 12.4. The second-order valence-electron chi connectivity index (χ2n) is 4.85. The summed E-state index contributed by atoms with van der Waals surface area (Å²) in [5, 5.41) is 9.95. The van der Waals surface area contributed by atoms with Gasteiger partial charge in [-0.25, -0.2) is 0 Å². The third-order valence-corrected chi connectivity index (χ3v) is 3.45. The Bertz CT molecular complexity index is 697.